The summed E-state index contributed by atoms with van der Waals surface area (Å²) in [6, 6.07) is 0.237. The Bertz CT molecular complexity index is 220. The van der Waals surface area contributed by atoms with Gasteiger partial charge in [0.1, 0.15) is 0 Å². The summed E-state index contributed by atoms with van der Waals surface area (Å²) in [4.78, 5) is 13.3. The molecule has 0 aliphatic carbocycles. The maximum absolute atomic E-state index is 11.3. The Balaban J connectivity index is 4.45. The third kappa shape index (κ3) is 4.49. The molecule has 16 heavy (non-hydrogen) atoms. The van der Waals surface area contributed by atoms with E-state index in [1.54, 1.807) is 7.11 Å². The minimum absolute atomic E-state index is 0.237. The van der Waals surface area contributed by atoms with Gasteiger partial charge >= 0.3 is 5.97 Å². The fraction of sp³-hybridized carbons (Fsp3) is 0.917. The second-order valence-corrected chi connectivity index (χ2v) is 4.84. The minimum atomic E-state index is -0.717. The highest BCUT2D eigenvalue weighted by Gasteiger charge is 2.34. The molecule has 0 aromatic heterocycles. The molecule has 0 heterocycles. The van der Waals surface area contributed by atoms with Gasteiger partial charge in [-0.3, -0.25) is 4.79 Å². The quantitative estimate of drug-likeness (QED) is 0.692. The van der Waals surface area contributed by atoms with Crippen LogP contribution in [0.5, 0.6) is 0 Å². The molecule has 0 bridgehead atoms. The van der Waals surface area contributed by atoms with Gasteiger partial charge in [0.15, 0.2) is 0 Å². The molecule has 0 saturated carbocycles. The molecular weight excluding hydrogens is 206 g/mol. The number of rotatable bonds is 8. The van der Waals surface area contributed by atoms with Gasteiger partial charge in [-0.15, -0.1) is 0 Å². The number of hydrogen-bond acceptors (Lipinski definition) is 3. The number of carbonyl (C=O) groups is 1. The SMILES string of the molecule is CCCC(C)(CN(C)C(C)COC)C(=O)O. The molecule has 4 nitrogen and oxygen atoms in total. The predicted octanol–water partition coefficient (Wildman–Crippen LogP) is 1.84. The fourth-order valence-corrected chi connectivity index (χ4v) is 1.88. The molecule has 0 spiro atoms. The lowest BCUT2D eigenvalue weighted by molar-refractivity contribution is -0.149. The van der Waals surface area contributed by atoms with Crippen LogP contribution >= 0.6 is 0 Å². The van der Waals surface area contributed by atoms with Gasteiger partial charge in [-0.2, -0.15) is 0 Å². The van der Waals surface area contributed by atoms with Gasteiger partial charge in [-0.1, -0.05) is 13.3 Å². The van der Waals surface area contributed by atoms with E-state index in [-0.39, 0.29) is 6.04 Å². The predicted molar refractivity (Wildman–Crippen MR) is 64.6 cm³/mol. The van der Waals surface area contributed by atoms with Gasteiger partial charge < -0.3 is 14.7 Å². The summed E-state index contributed by atoms with van der Waals surface area (Å²) in [5, 5.41) is 9.27. The maximum Gasteiger partial charge on any atom is 0.310 e. The highest BCUT2D eigenvalue weighted by molar-refractivity contribution is 5.74. The van der Waals surface area contributed by atoms with E-state index >= 15 is 0 Å². The van der Waals surface area contributed by atoms with Crippen LogP contribution in [-0.4, -0.2) is 49.3 Å². The van der Waals surface area contributed by atoms with Crippen molar-refractivity contribution >= 4 is 5.97 Å². The Hall–Kier alpha value is -0.610. The molecule has 0 radical (unpaired) electrons. The second-order valence-electron chi connectivity index (χ2n) is 4.84. The van der Waals surface area contributed by atoms with Crippen molar-refractivity contribution in [1.82, 2.24) is 4.90 Å². The van der Waals surface area contributed by atoms with Gasteiger partial charge in [-0.05, 0) is 27.3 Å². The molecule has 1 N–H and O–H groups in total. The smallest absolute Gasteiger partial charge is 0.310 e. The van der Waals surface area contributed by atoms with Crippen LogP contribution in [0, 0.1) is 5.41 Å². The summed E-state index contributed by atoms with van der Waals surface area (Å²) >= 11 is 0. The van der Waals surface area contributed by atoms with Crippen LogP contribution in [0.15, 0.2) is 0 Å². The van der Waals surface area contributed by atoms with E-state index in [4.69, 9.17) is 4.74 Å². The summed E-state index contributed by atoms with van der Waals surface area (Å²) in [7, 11) is 3.60. The van der Waals surface area contributed by atoms with Crippen molar-refractivity contribution in [1.29, 1.82) is 0 Å². The Morgan fingerprint density at radius 1 is 1.56 bits per heavy atom. The van der Waals surface area contributed by atoms with Crippen molar-refractivity contribution in [3.05, 3.63) is 0 Å². The van der Waals surface area contributed by atoms with Gasteiger partial charge in [0.2, 0.25) is 0 Å². The molecule has 96 valence electrons. The molecule has 2 unspecified atom stereocenters. The summed E-state index contributed by atoms with van der Waals surface area (Å²) in [6.07, 6.45) is 1.58. The van der Waals surface area contributed by atoms with Crippen LogP contribution in [0.2, 0.25) is 0 Å². The number of aliphatic carboxylic acids is 1. The van der Waals surface area contributed by atoms with E-state index in [1.165, 1.54) is 0 Å². The minimum Gasteiger partial charge on any atom is -0.481 e. The highest BCUT2D eigenvalue weighted by Crippen LogP contribution is 2.25. The maximum atomic E-state index is 11.3. The van der Waals surface area contributed by atoms with Gasteiger partial charge in [0.05, 0.1) is 12.0 Å². The first-order valence-corrected chi connectivity index (χ1v) is 5.80. The molecule has 0 aliphatic rings. The zero-order valence-electron chi connectivity index (χ0n) is 11.1. The number of nitrogens with zero attached hydrogens (tertiary/aromatic N) is 1. The lowest BCUT2D eigenvalue weighted by Crippen LogP contribution is -2.44. The molecule has 0 aromatic carbocycles. The van der Waals surface area contributed by atoms with Crippen molar-refractivity contribution in [2.24, 2.45) is 5.41 Å². The normalized spacial score (nSPS) is 17.1. The van der Waals surface area contributed by atoms with E-state index in [2.05, 4.69) is 0 Å². The van der Waals surface area contributed by atoms with E-state index in [1.807, 2.05) is 32.7 Å². The Morgan fingerprint density at radius 2 is 2.12 bits per heavy atom. The van der Waals surface area contributed by atoms with Crippen molar-refractivity contribution in [3.8, 4) is 0 Å². The fourth-order valence-electron chi connectivity index (χ4n) is 1.88. The summed E-state index contributed by atoms with van der Waals surface area (Å²) in [5.41, 5.74) is -0.661. The van der Waals surface area contributed by atoms with E-state index in [9.17, 15) is 9.90 Å². The largest absolute Gasteiger partial charge is 0.481 e. The van der Waals surface area contributed by atoms with Crippen LogP contribution < -0.4 is 0 Å². The van der Waals surface area contributed by atoms with Crippen LogP contribution in [0.4, 0.5) is 0 Å². The number of carboxylic acid groups (broad SMARTS) is 1. The monoisotopic (exact) mass is 231 g/mol. The lowest BCUT2D eigenvalue weighted by atomic mass is 9.85. The number of hydrogen-bond donors (Lipinski definition) is 1. The molecule has 0 aromatic rings. The Labute approximate surface area is 98.6 Å². The molecule has 0 fully saturated rings. The van der Waals surface area contributed by atoms with Crippen LogP contribution in [-0.2, 0) is 9.53 Å². The van der Waals surface area contributed by atoms with Crippen molar-refractivity contribution in [2.45, 2.75) is 39.7 Å². The van der Waals surface area contributed by atoms with E-state index in [0.717, 1.165) is 6.42 Å². The molecule has 0 saturated heterocycles. The first kappa shape index (κ1) is 15.4. The average molecular weight is 231 g/mol. The first-order valence-electron chi connectivity index (χ1n) is 5.80. The second kappa shape index (κ2) is 6.86. The standard InChI is InChI=1S/C12H25NO3/c1-6-7-12(3,11(14)15)9-13(4)10(2)8-16-5/h10H,6-9H2,1-5H3,(H,14,15). The van der Waals surface area contributed by atoms with Crippen LogP contribution in [0.25, 0.3) is 0 Å². The van der Waals surface area contributed by atoms with Gasteiger partial charge in [0, 0.05) is 19.7 Å². The molecular formula is C12H25NO3. The van der Waals surface area contributed by atoms with Crippen LogP contribution in [0.3, 0.4) is 0 Å². The van der Waals surface area contributed by atoms with Gasteiger partial charge in [-0.25, -0.2) is 0 Å². The number of ether oxygens (including phenoxy) is 1. The molecule has 0 amide bonds. The average Bonchev–Trinajstić information content (AvgIpc) is 2.18. The van der Waals surface area contributed by atoms with Gasteiger partial charge in [0.25, 0.3) is 0 Å². The van der Waals surface area contributed by atoms with Crippen molar-refractivity contribution < 1.29 is 14.6 Å². The number of likely N-dealkylation sites (N-methyl/N-ethyl adjacent to an activating group) is 1. The first-order chi connectivity index (χ1) is 7.37. The molecule has 0 rings (SSSR count). The third-order valence-corrected chi connectivity index (χ3v) is 3.08. The third-order valence-electron chi connectivity index (χ3n) is 3.08. The Kier molecular flexibility index (Phi) is 6.60. The van der Waals surface area contributed by atoms with Crippen molar-refractivity contribution in [2.75, 3.05) is 27.3 Å². The summed E-state index contributed by atoms with van der Waals surface area (Å²) in [6.45, 7) is 7.05. The lowest BCUT2D eigenvalue weighted by Gasteiger charge is -2.33. The molecule has 2 atom stereocenters. The molecule has 0 aliphatic heterocycles. The van der Waals surface area contributed by atoms with E-state index in [0.29, 0.717) is 19.6 Å². The number of carboxylic acids is 1. The summed E-state index contributed by atoms with van der Waals surface area (Å²) < 4.78 is 5.07. The zero-order valence-corrected chi connectivity index (χ0v) is 11.1. The van der Waals surface area contributed by atoms with Crippen LogP contribution in [0.1, 0.15) is 33.6 Å². The zero-order chi connectivity index (χ0) is 12.8. The van der Waals surface area contributed by atoms with Crippen molar-refractivity contribution in [3.63, 3.8) is 0 Å². The molecule has 4 heteroatoms. The number of methoxy groups -OCH3 is 1. The summed E-state index contributed by atoms with van der Waals surface area (Å²) in [5.74, 6) is -0.717. The van der Waals surface area contributed by atoms with E-state index < -0.39 is 11.4 Å². The topological polar surface area (TPSA) is 49.8 Å². The highest BCUT2D eigenvalue weighted by atomic mass is 16.5. The Morgan fingerprint density at radius 3 is 2.50 bits per heavy atom.